The lowest BCUT2D eigenvalue weighted by Crippen LogP contribution is -2.38. The van der Waals surface area contributed by atoms with Gasteiger partial charge in [-0.05, 0) is 54.4 Å². The quantitative estimate of drug-likeness (QED) is 0.674. The molecule has 0 atom stereocenters. The van der Waals surface area contributed by atoms with E-state index in [1.807, 2.05) is 0 Å². The van der Waals surface area contributed by atoms with E-state index in [4.69, 9.17) is 21.1 Å². The van der Waals surface area contributed by atoms with Crippen molar-refractivity contribution in [3.63, 3.8) is 0 Å². The molecule has 1 aliphatic heterocycles. The Bertz CT molecular complexity index is 1160. The van der Waals surface area contributed by atoms with E-state index < -0.39 is 28.4 Å². The molecule has 31 heavy (non-hydrogen) atoms. The van der Waals surface area contributed by atoms with Crippen molar-refractivity contribution >= 4 is 44.0 Å². The molecule has 0 saturated carbocycles. The summed E-state index contributed by atoms with van der Waals surface area (Å²) in [4.78, 5) is 25.2. The molecule has 0 unspecified atom stereocenters. The number of methoxy groups -OCH3 is 2. The zero-order chi connectivity index (χ0) is 22.8. The number of ether oxygens (including phenoxy) is 2. The SMILES string of the molecule is CCC1=C(c2ccc(OC)cc2)S(=O)(=O)N(CC(=O)Nc2ccc(OC)c(Cl)c2)C1=O. The third-order valence-corrected chi connectivity index (χ3v) is 6.90. The summed E-state index contributed by atoms with van der Waals surface area (Å²) < 4.78 is 37.0. The van der Waals surface area contributed by atoms with E-state index >= 15 is 0 Å². The van der Waals surface area contributed by atoms with Crippen LogP contribution >= 0.6 is 11.6 Å². The number of amides is 2. The summed E-state index contributed by atoms with van der Waals surface area (Å²) in [5.41, 5.74) is 0.834. The van der Waals surface area contributed by atoms with Crippen LogP contribution in [0.4, 0.5) is 5.69 Å². The Labute approximate surface area is 185 Å². The second kappa shape index (κ2) is 8.99. The molecule has 10 heteroatoms. The average molecular weight is 465 g/mol. The summed E-state index contributed by atoms with van der Waals surface area (Å²) in [6, 6.07) is 10.9. The monoisotopic (exact) mass is 464 g/mol. The Balaban J connectivity index is 1.85. The molecule has 2 amide bonds. The fourth-order valence-electron chi connectivity index (χ4n) is 3.23. The zero-order valence-electron chi connectivity index (χ0n) is 17.1. The minimum Gasteiger partial charge on any atom is -0.497 e. The number of anilines is 1. The summed E-state index contributed by atoms with van der Waals surface area (Å²) in [6.07, 6.45) is 0.200. The molecule has 2 aromatic rings. The molecule has 164 valence electrons. The largest absolute Gasteiger partial charge is 0.497 e. The fraction of sp³-hybridized carbons (Fsp3) is 0.238. The number of carbonyl (C=O) groups excluding carboxylic acids is 2. The minimum atomic E-state index is -4.20. The Morgan fingerprint density at radius 1 is 1.10 bits per heavy atom. The smallest absolute Gasteiger partial charge is 0.268 e. The summed E-state index contributed by atoms with van der Waals surface area (Å²) in [6.45, 7) is 1.03. The Hall–Kier alpha value is -3.04. The fourth-order valence-corrected chi connectivity index (χ4v) is 5.30. The van der Waals surface area contributed by atoms with Crippen LogP contribution in [0.3, 0.4) is 0 Å². The number of halogens is 1. The maximum Gasteiger partial charge on any atom is 0.268 e. The molecule has 1 heterocycles. The second-order valence-corrected chi connectivity index (χ2v) is 8.81. The number of rotatable bonds is 7. The molecule has 0 radical (unpaired) electrons. The molecule has 1 N–H and O–H groups in total. The molecule has 3 rings (SSSR count). The van der Waals surface area contributed by atoms with Gasteiger partial charge in [-0.2, -0.15) is 0 Å². The Kier molecular flexibility index (Phi) is 6.56. The van der Waals surface area contributed by atoms with Crippen LogP contribution in [0.15, 0.2) is 48.0 Å². The molecule has 0 bridgehead atoms. The first-order chi connectivity index (χ1) is 14.7. The van der Waals surface area contributed by atoms with Gasteiger partial charge in [0.1, 0.15) is 22.9 Å². The molecule has 0 aliphatic carbocycles. The van der Waals surface area contributed by atoms with Crippen molar-refractivity contribution in [1.82, 2.24) is 4.31 Å². The molecular weight excluding hydrogens is 444 g/mol. The third-order valence-electron chi connectivity index (χ3n) is 4.74. The van der Waals surface area contributed by atoms with Crippen LogP contribution in [-0.2, 0) is 19.6 Å². The maximum atomic E-state index is 13.2. The normalized spacial score (nSPS) is 15.2. The summed E-state index contributed by atoms with van der Waals surface area (Å²) in [5, 5.41) is 2.83. The lowest BCUT2D eigenvalue weighted by atomic mass is 10.1. The van der Waals surface area contributed by atoms with E-state index in [-0.39, 0.29) is 21.9 Å². The Morgan fingerprint density at radius 3 is 2.32 bits per heavy atom. The van der Waals surface area contributed by atoms with Crippen LogP contribution in [0.1, 0.15) is 18.9 Å². The lowest BCUT2D eigenvalue weighted by Gasteiger charge is -2.17. The molecule has 0 aromatic heterocycles. The van der Waals surface area contributed by atoms with Gasteiger partial charge in [-0.15, -0.1) is 0 Å². The number of nitrogens with zero attached hydrogens (tertiary/aromatic N) is 1. The molecular formula is C21H21ClN2O6S. The van der Waals surface area contributed by atoms with E-state index in [0.29, 0.717) is 27.1 Å². The van der Waals surface area contributed by atoms with Crippen LogP contribution in [0.25, 0.3) is 4.91 Å². The standard InChI is InChI=1S/C21H21ClN2O6S/c1-4-16-20(13-5-8-15(29-2)9-6-13)31(27,28)24(21(16)26)12-19(25)23-14-7-10-18(30-3)17(22)11-14/h5-11H,4,12H2,1-3H3,(H,23,25). The van der Waals surface area contributed by atoms with Gasteiger partial charge < -0.3 is 14.8 Å². The Morgan fingerprint density at radius 2 is 1.77 bits per heavy atom. The topological polar surface area (TPSA) is 102 Å². The number of benzene rings is 2. The van der Waals surface area contributed by atoms with E-state index in [1.165, 1.54) is 20.3 Å². The van der Waals surface area contributed by atoms with Gasteiger partial charge in [-0.3, -0.25) is 9.59 Å². The summed E-state index contributed by atoms with van der Waals surface area (Å²) in [7, 11) is -1.24. The van der Waals surface area contributed by atoms with Crippen molar-refractivity contribution in [1.29, 1.82) is 0 Å². The van der Waals surface area contributed by atoms with Crippen LogP contribution < -0.4 is 14.8 Å². The van der Waals surface area contributed by atoms with E-state index in [2.05, 4.69) is 5.32 Å². The molecule has 2 aromatic carbocycles. The van der Waals surface area contributed by atoms with E-state index in [0.717, 1.165) is 0 Å². The molecule has 1 aliphatic rings. The number of sulfonamides is 1. The van der Waals surface area contributed by atoms with Gasteiger partial charge in [0.25, 0.3) is 15.9 Å². The molecule has 0 saturated heterocycles. The van der Waals surface area contributed by atoms with E-state index in [9.17, 15) is 18.0 Å². The van der Waals surface area contributed by atoms with Crippen molar-refractivity contribution in [3.05, 3.63) is 58.6 Å². The van der Waals surface area contributed by atoms with E-state index in [1.54, 1.807) is 43.3 Å². The predicted molar refractivity (Wildman–Crippen MR) is 117 cm³/mol. The minimum absolute atomic E-state index is 0.0945. The second-order valence-electron chi connectivity index (χ2n) is 6.60. The number of nitrogens with one attached hydrogen (secondary N) is 1. The van der Waals surface area contributed by atoms with Crippen LogP contribution in [0.2, 0.25) is 5.02 Å². The molecule has 8 nitrogen and oxygen atoms in total. The maximum absolute atomic E-state index is 13.2. The highest BCUT2D eigenvalue weighted by molar-refractivity contribution is 7.99. The summed E-state index contributed by atoms with van der Waals surface area (Å²) >= 11 is 6.05. The highest BCUT2D eigenvalue weighted by Gasteiger charge is 2.44. The van der Waals surface area contributed by atoms with Crippen molar-refractivity contribution < 1.29 is 27.5 Å². The van der Waals surface area contributed by atoms with Crippen LogP contribution in [0.5, 0.6) is 11.5 Å². The first-order valence-corrected chi connectivity index (χ1v) is 11.1. The lowest BCUT2D eigenvalue weighted by molar-refractivity contribution is -0.126. The first-order valence-electron chi connectivity index (χ1n) is 9.31. The number of hydrogen-bond donors (Lipinski definition) is 1. The number of hydrogen-bond acceptors (Lipinski definition) is 6. The first kappa shape index (κ1) is 22.6. The van der Waals surface area contributed by atoms with Gasteiger partial charge >= 0.3 is 0 Å². The van der Waals surface area contributed by atoms with Gasteiger partial charge in [0.2, 0.25) is 5.91 Å². The van der Waals surface area contributed by atoms with Crippen molar-refractivity contribution in [3.8, 4) is 11.5 Å². The molecule has 0 spiro atoms. The zero-order valence-corrected chi connectivity index (χ0v) is 18.7. The van der Waals surface area contributed by atoms with Gasteiger partial charge in [0.15, 0.2) is 0 Å². The van der Waals surface area contributed by atoms with Crippen molar-refractivity contribution in [2.24, 2.45) is 0 Å². The highest BCUT2D eigenvalue weighted by atomic mass is 35.5. The van der Waals surface area contributed by atoms with Crippen molar-refractivity contribution in [2.45, 2.75) is 13.3 Å². The molecule has 0 fully saturated rings. The average Bonchev–Trinajstić information content (AvgIpc) is 2.93. The van der Waals surface area contributed by atoms with Gasteiger partial charge in [0.05, 0.1) is 19.2 Å². The van der Waals surface area contributed by atoms with Crippen molar-refractivity contribution in [2.75, 3.05) is 26.1 Å². The van der Waals surface area contributed by atoms with Gasteiger partial charge in [-0.1, -0.05) is 18.5 Å². The van der Waals surface area contributed by atoms with Crippen LogP contribution in [-0.4, -0.2) is 45.3 Å². The highest BCUT2D eigenvalue weighted by Crippen LogP contribution is 2.37. The van der Waals surface area contributed by atoms with Gasteiger partial charge in [-0.25, -0.2) is 12.7 Å². The predicted octanol–water partition coefficient (Wildman–Crippen LogP) is 3.29. The van der Waals surface area contributed by atoms with Gasteiger partial charge in [0, 0.05) is 11.3 Å². The summed E-state index contributed by atoms with van der Waals surface area (Å²) in [5.74, 6) is -0.405. The number of carbonyl (C=O) groups is 2. The van der Waals surface area contributed by atoms with Crippen LogP contribution in [0, 0.1) is 0 Å². The third kappa shape index (κ3) is 4.38.